The lowest BCUT2D eigenvalue weighted by Crippen LogP contribution is -2.12. The number of ether oxygens (including phenoxy) is 2. The van der Waals surface area contributed by atoms with Crippen molar-refractivity contribution in [3.05, 3.63) is 85.3 Å². The molecular formula is C24H19Cl4FN4O2. The molecule has 0 aliphatic carbocycles. The zero-order valence-corrected chi connectivity index (χ0v) is 21.7. The number of pyridine rings is 1. The van der Waals surface area contributed by atoms with E-state index in [2.05, 4.69) is 21.9 Å². The number of hydrogen-bond acceptors (Lipinski definition) is 6. The van der Waals surface area contributed by atoms with Gasteiger partial charge < -0.3 is 9.47 Å². The van der Waals surface area contributed by atoms with E-state index in [0.29, 0.717) is 5.02 Å². The lowest BCUT2D eigenvalue weighted by atomic mass is 10.1. The molecule has 0 atom stereocenters. The zero-order chi connectivity index (χ0) is 26.0. The second kappa shape index (κ2) is 13.9. The van der Waals surface area contributed by atoms with Gasteiger partial charge in [0.2, 0.25) is 0 Å². The molecule has 1 aromatic heterocycles. The molecule has 0 amide bonds. The summed E-state index contributed by atoms with van der Waals surface area (Å²) in [6.07, 6.45) is 1.50. The minimum absolute atomic E-state index is 0.000437. The van der Waals surface area contributed by atoms with E-state index in [4.69, 9.17) is 61.1 Å². The minimum atomic E-state index is -0.687. The van der Waals surface area contributed by atoms with Crippen molar-refractivity contribution in [3.63, 3.8) is 0 Å². The first-order valence-corrected chi connectivity index (χ1v) is 11.7. The summed E-state index contributed by atoms with van der Waals surface area (Å²) in [7, 11) is 0. The van der Waals surface area contributed by atoms with Gasteiger partial charge in [-0.15, -0.1) is 5.10 Å². The van der Waals surface area contributed by atoms with Crippen LogP contribution in [0.4, 0.5) is 4.39 Å². The number of aromatic nitrogens is 1. The number of nitriles is 1. The molecule has 0 bridgehead atoms. The van der Waals surface area contributed by atoms with Crippen molar-refractivity contribution in [2.75, 3.05) is 6.61 Å². The van der Waals surface area contributed by atoms with Crippen molar-refractivity contribution in [1.82, 2.24) is 4.98 Å². The number of nitrogens with zero attached hydrogens (tertiary/aromatic N) is 4. The molecule has 182 valence electrons. The van der Waals surface area contributed by atoms with Gasteiger partial charge in [0.15, 0.2) is 11.6 Å². The van der Waals surface area contributed by atoms with E-state index in [9.17, 15) is 0 Å². The summed E-state index contributed by atoms with van der Waals surface area (Å²) in [5.41, 5.74) is 0.733. The summed E-state index contributed by atoms with van der Waals surface area (Å²) >= 11 is 24.1. The van der Waals surface area contributed by atoms with E-state index in [1.165, 1.54) is 42.6 Å². The number of halogens is 5. The quantitative estimate of drug-likeness (QED) is 0.167. The molecule has 2 aromatic carbocycles. The maximum atomic E-state index is 15.1. The third-order valence-corrected chi connectivity index (χ3v) is 5.14. The van der Waals surface area contributed by atoms with E-state index in [1.54, 1.807) is 0 Å². The monoisotopic (exact) mass is 554 g/mol. The summed E-state index contributed by atoms with van der Waals surface area (Å²) < 4.78 is 26.3. The molecule has 0 fully saturated rings. The molecule has 0 saturated carbocycles. The van der Waals surface area contributed by atoms with E-state index in [1.807, 2.05) is 19.9 Å². The highest BCUT2D eigenvalue weighted by molar-refractivity contribution is 6.36. The van der Waals surface area contributed by atoms with Crippen LogP contribution in [0.2, 0.25) is 20.1 Å². The van der Waals surface area contributed by atoms with E-state index >= 15 is 4.39 Å². The molecule has 11 heteroatoms. The third kappa shape index (κ3) is 7.81. The summed E-state index contributed by atoms with van der Waals surface area (Å²) in [6.45, 7) is 7.30. The van der Waals surface area contributed by atoms with Crippen LogP contribution in [0.3, 0.4) is 0 Å². The van der Waals surface area contributed by atoms with Gasteiger partial charge in [0, 0.05) is 24.4 Å². The number of rotatable bonds is 7. The topological polar surface area (TPSA) is 79.9 Å². The van der Waals surface area contributed by atoms with Crippen molar-refractivity contribution >= 4 is 59.0 Å². The van der Waals surface area contributed by atoms with Gasteiger partial charge in [-0.25, -0.2) is 9.37 Å². The fourth-order valence-corrected chi connectivity index (χ4v) is 3.57. The first-order valence-electron chi connectivity index (χ1n) is 10.2. The predicted octanol–water partition coefficient (Wildman–Crippen LogP) is 8.15. The van der Waals surface area contributed by atoms with Crippen LogP contribution in [0, 0.1) is 17.1 Å². The Morgan fingerprint density at radius 3 is 2.49 bits per heavy atom. The molecule has 0 aliphatic rings. The Kier molecular flexibility index (Phi) is 11.2. The molecule has 35 heavy (non-hydrogen) atoms. The molecule has 3 aromatic rings. The summed E-state index contributed by atoms with van der Waals surface area (Å²) in [6, 6.07) is 10.7. The molecule has 1 heterocycles. The molecular weight excluding hydrogens is 537 g/mol. The van der Waals surface area contributed by atoms with Crippen molar-refractivity contribution in [2.45, 2.75) is 20.3 Å². The molecule has 0 saturated heterocycles. The van der Waals surface area contributed by atoms with E-state index in [-0.39, 0.29) is 62.3 Å². The van der Waals surface area contributed by atoms with Gasteiger partial charge in [0.25, 0.3) is 5.90 Å². The second-order valence-corrected chi connectivity index (χ2v) is 8.06. The van der Waals surface area contributed by atoms with Gasteiger partial charge in [-0.3, -0.25) is 0 Å². The van der Waals surface area contributed by atoms with Gasteiger partial charge in [0.1, 0.15) is 11.4 Å². The number of benzene rings is 2. The first kappa shape index (κ1) is 28.3. The Bertz CT molecular complexity index is 1280. The van der Waals surface area contributed by atoms with Crippen LogP contribution in [0.15, 0.2) is 52.8 Å². The van der Waals surface area contributed by atoms with Gasteiger partial charge in [-0.2, -0.15) is 10.4 Å². The standard InChI is InChI=1S/C22H13Cl4FN4O2.C2H6/c1-29-31-22(20-18(26)9-15(24)11-30-20)32-5-4-13-2-3-17(25)21(19(13)27)33-16-7-12(10-28)6-14(23)8-16;1-2/h2-3,6-9,11H,1,4-5H2;1-2H3/b31-22-;. The lowest BCUT2D eigenvalue weighted by Gasteiger charge is -2.13. The zero-order valence-electron chi connectivity index (χ0n) is 18.7. The Hall–Kier alpha value is -2.89. The fraction of sp³-hybridized carbons (Fsp3) is 0.167. The summed E-state index contributed by atoms with van der Waals surface area (Å²) in [5.74, 6) is -0.722. The summed E-state index contributed by atoms with van der Waals surface area (Å²) in [4.78, 5) is 4.08. The van der Waals surface area contributed by atoms with Gasteiger partial charge in [-0.1, -0.05) is 66.3 Å². The highest BCUT2D eigenvalue weighted by atomic mass is 35.5. The molecule has 0 radical (unpaired) electrons. The fourth-order valence-electron chi connectivity index (χ4n) is 2.70. The van der Waals surface area contributed by atoms with Gasteiger partial charge in [0.05, 0.1) is 33.3 Å². The van der Waals surface area contributed by atoms with Gasteiger partial charge >= 0.3 is 0 Å². The number of hydrogen-bond donors (Lipinski definition) is 0. The molecule has 0 spiro atoms. The largest absolute Gasteiger partial charge is 0.475 e. The highest BCUT2D eigenvalue weighted by Crippen LogP contribution is 2.35. The minimum Gasteiger partial charge on any atom is -0.475 e. The average Bonchev–Trinajstić information content (AvgIpc) is 2.83. The maximum Gasteiger partial charge on any atom is 0.261 e. The van der Waals surface area contributed by atoms with Crippen molar-refractivity contribution in [2.24, 2.45) is 10.2 Å². The Morgan fingerprint density at radius 1 is 1.09 bits per heavy atom. The lowest BCUT2D eigenvalue weighted by molar-refractivity contribution is 0.305. The van der Waals surface area contributed by atoms with Crippen LogP contribution in [-0.4, -0.2) is 24.2 Å². The van der Waals surface area contributed by atoms with Crippen LogP contribution < -0.4 is 4.74 Å². The highest BCUT2D eigenvalue weighted by Gasteiger charge is 2.17. The van der Waals surface area contributed by atoms with Crippen LogP contribution in [0.5, 0.6) is 11.5 Å². The normalized spacial score (nSPS) is 10.6. The Balaban J connectivity index is 0.00000210. The average molecular weight is 556 g/mol. The SMILES string of the molecule is C=N/N=C(\OCCc1ccc(Cl)c(Oc2cc(Cl)cc(C#N)c2)c1F)c1ncc(Cl)cc1Cl.CC. The second-order valence-electron chi connectivity index (χ2n) is 6.37. The van der Waals surface area contributed by atoms with Crippen molar-refractivity contribution in [3.8, 4) is 17.6 Å². The molecule has 0 unspecified atom stereocenters. The van der Waals surface area contributed by atoms with E-state index in [0.717, 1.165) is 0 Å². The predicted molar refractivity (Wildman–Crippen MR) is 139 cm³/mol. The maximum absolute atomic E-state index is 15.1. The van der Waals surface area contributed by atoms with Crippen LogP contribution in [0.1, 0.15) is 30.7 Å². The first-order chi connectivity index (χ1) is 16.8. The third-order valence-electron chi connectivity index (χ3n) is 4.13. The molecule has 0 aliphatic heterocycles. The Morgan fingerprint density at radius 2 is 1.83 bits per heavy atom. The Labute approximate surface area is 222 Å². The van der Waals surface area contributed by atoms with Crippen LogP contribution in [-0.2, 0) is 11.2 Å². The van der Waals surface area contributed by atoms with Crippen LogP contribution >= 0.6 is 46.4 Å². The van der Waals surface area contributed by atoms with Gasteiger partial charge in [-0.05, 0) is 35.9 Å². The van der Waals surface area contributed by atoms with Crippen molar-refractivity contribution < 1.29 is 13.9 Å². The molecule has 3 rings (SSSR count). The van der Waals surface area contributed by atoms with Crippen LogP contribution in [0.25, 0.3) is 0 Å². The molecule has 0 N–H and O–H groups in total. The van der Waals surface area contributed by atoms with Crippen molar-refractivity contribution in [1.29, 1.82) is 5.26 Å². The van der Waals surface area contributed by atoms with E-state index < -0.39 is 5.82 Å². The molecule has 6 nitrogen and oxygen atoms in total. The summed E-state index contributed by atoms with van der Waals surface area (Å²) in [5, 5.41) is 17.2. The smallest absolute Gasteiger partial charge is 0.261 e.